The Balaban J connectivity index is 2.15. The van der Waals surface area contributed by atoms with Crippen LogP contribution in [0.15, 0.2) is 30.3 Å². The third-order valence-electron chi connectivity index (χ3n) is 3.09. The van der Waals surface area contributed by atoms with E-state index in [1.165, 1.54) is 0 Å². The summed E-state index contributed by atoms with van der Waals surface area (Å²) in [5, 5.41) is 9.15. The number of nitrogens with zero attached hydrogens (tertiary/aromatic N) is 3. The minimum Gasteiger partial charge on any atom is -0.392 e. The van der Waals surface area contributed by atoms with E-state index in [4.69, 9.17) is 5.11 Å². The third kappa shape index (κ3) is 3.29. The maximum Gasteiger partial charge on any atom is 0.128 e. The Morgan fingerprint density at radius 2 is 1.89 bits per heavy atom. The van der Waals surface area contributed by atoms with Crippen LogP contribution in [0.25, 0.3) is 0 Å². The molecule has 0 amide bonds. The smallest absolute Gasteiger partial charge is 0.128 e. The van der Waals surface area contributed by atoms with Crippen LogP contribution in [0.5, 0.6) is 0 Å². The molecule has 2 aromatic heterocycles. The molecule has 100 valence electrons. The molecule has 0 saturated heterocycles. The molecule has 0 aliphatic heterocycles. The summed E-state index contributed by atoms with van der Waals surface area (Å²) in [6, 6.07) is 9.85. The Morgan fingerprint density at radius 3 is 2.53 bits per heavy atom. The zero-order valence-corrected chi connectivity index (χ0v) is 11.6. The second-order valence-electron chi connectivity index (χ2n) is 4.70. The molecular weight excluding hydrogens is 238 g/mol. The summed E-state index contributed by atoms with van der Waals surface area (Å²) in [6.07, 6.45) is 0. The molecule has 2 aromatic rings. The highest BCUT2D eigenvalue weighted by Crippen LogP contribution is 2.15. The summed E-state index contributed by atoms with van der Waals surface area (Å²) in [6.45, 7) is 4.64. The van der Waals surface area contributed by atoms with Crippen LogP contribution in [0.3, 0.4) is 0 Å². The first-order valence-electron chi connectivity index (χ1n) is 6.31. The van der Waals surface area contributed by atoms with Crippen molar-refractivity contribution in [1.82, 2.24) is 9.97 Å². The Hall–Kier alpha value is -1.94. The zero-order chi connectivity index (χ0) is 13.8. The second kappa shape index (κ2) is 5.80. The van der Waals surface area contributed by atoms with E-state index in [1.807, 2.05) is 51.2 Å². The summed E-state index contributed by atoms with van der Waals surface area (Å²) in [5.74, 6) is 0.887. The van der Waals surface area contributed by atoms with Gasteiger partial charge in [0.25, 0.3) is 0 Å². The highest BCUT2D eigenvalue weighted by Gasteiger charge is 2.07. The predicted molar refractivity (Wildman–Crippen MR) is 76.0 cm³/mol. The summed E-state index contributed by atoms with van der Waals surface area (Å²) in [5.41, 5.74) is 3.77. The van der Waals surface area contributed by atoms with Crippen LogP contribution >= 0.6 is 0 Å². The van der Waals surface area contributed by atoms with Crippen LogP contribution in [-0.2, 0) is 13.2 Å². The van der Waals surface area contributed by atoms with Crippen LogP contribution in [0.1, 0.15) is 22.6 Å². The fourth-order valence-corrected chi connectivity index (χ4v) is 1.97. The number of rotatable bonds is 4. The fraction of sp³-hybridized carbons (Fsp3) is 0.333. The van der Waals surface area contributed by atoms with E-state index in [-0.39, 0.29) is 6.61 Å². The molecular formula is C15H19N3O. The highest BCUT2D eigenvalue weighted by atomic mass is 16.3. The van der Waals surface area contributed by atoms with Crippen LogP contribution in [0.2, 0.25) is 0 Å². The molecule has 2 rings (SSSR count). The molecule has 2 heterocycles. The molecule has 4 heteroatoms. The van der Waals surface area contributed by atoms with E-state index in [0.29, 0.717) is 6.54 Å². The van der Waals surface area contributed by atoms with Crippen molar-refractivity contribution in [1.29, 1.82) is 0 Å². The van der Waals surface area contributed by atoms with Crippen molar-refractivity contribution in [2.24, 2.45) is 0 Å². The molecule has 0 bridgehead atoms. The molecule has 0 atom stereocenters. The van der Waals surface area contributed by atoms with Crippen molar-refractivity contribution in [3.63, 3.8) is 0 Å². The van der Waals surface area contributed by atoms with E-state index < -0.39 is 0 Å². The zero-order valence-electron chi connectivity index (χ0n) is 11.6. The van der Waals surface area contributed by atoms with Gasteiger partial charge < -0.3 is 10.0 Å². The van der Waals surface area contributed by atoms with Gasteiger partial charge >= 0.3 is 0 Å². The molecule has 0 aromatic carbocycles. The number of hydrogen-bond donors (Lipinski definition) is 1. The molecule has 0 aliphatic rings. The van der Waals surface area contributed by atoms with Gasteiger partial charge in [0, 0.05) is 18.4 Å². The number of hydrogen-bond acceptors (Lipinski definition) is 4. The quantitative estimate of drug-likeness (QED) is 0.912. The van der Waals surface area contributed by atoms with E-state index in [9.17, 15) is 0 Å². The van der Waals surface area contributed by atoms with Gasteiger partial charge in [-0.05, 0) is 37.6 Å². The maximum atomic E-state index is 9.15. The predicted octanol–water partition coefficient (Wildman–Crippen LogP) is 2.22. The Labute approximate surface area is 113 Å². The molecule has 0 aliphatic carbocycles. The SMILES string of the molecule is Cc1cccc(CN(C)c2ccc(CO)c(C)n2)n1. The van der Waals surface area contributed by atoms with Crippen LogP contribution in [0.4, 0.5) is 5.82 Å². The molecule has 0 spiro atoms. The first-order valence-corrected chi connectivity index (χ1v) is 6.31. The largest absolute Gasteiger partial charge is 0.392 e. The molecule has 0 saturated carbocycles. The molecule has 0 unspecified atom stereocenters. The lowest BCUT2D eigenvalue weighted by molar-refractivity contribution is 0.280. The minimum atomic E-state index is 0.0300. The number of aromatic nitrogens is 2. The summed E-state index contributed by atoms with van der Waals surface area (Å²) >= 11 is 0. The lowest BCUT2D eigenvalue weighted by atomic mass is 10.2. The van der Waals surface area contributed by atoms with Crippen molar-refractivity contribution >= 4 is 5.82 Å². The first kappa shape index (κ1) is 13.5. The fourth-order valence-electron chi connectivity index (χ4n) is 1.97. The van der Waals surface area contributed by atoms with Gasteiger partial charge in [-0.3, -0.25) is 4.98 Å². The number of anilines is 1. The topological polar surface area (TPSA) is 49.2 Å². The van der Waals surface area contributed by atoms with E-state index in [2.05, 4.69) is 14.9 Å². The third-order valence-corrected chi connectivity index (χ3v) is 3.09. The van der Waals surface area contributed by atoms with Gasteiger partial charge in [-0.15, -0.1) is 0 Å². The van der Waals surface area contributed by atoms with E-state index in [0.717, 1.165) is 28.5 Å². The van der Waals surface area contributed by atoms with E-state index >= 15 is 0 Å². The van der Waals surface area contributed by atoms with Crippen LogP contribution < -0.4 is 4.90 Å². The van der Waals surface area contributed by atoms with Crippen molar-refractivity contribution in [3.05, 3.63) is 53.0 Å². The van der Waals surface area contributed by atoms with Crippen LogP contribution in [0, 0.1) is 13.8 Å². The Kier molecular flexibility index (Phi) is 4.12. The number of aliphatic hydroxyl groups is 1. The Bertz CT molecular complexity index is 569. The molecule has 0 fully saturated rings. The van der Waals surface area contributed by atoms with Gasteiger partial charge in [0.15, 0.2) is 0 Å². The average Bonchev–Trinajstić information content (AvgIpc) is 2.38. The lowest BCUT2D eigenvalue weighted by Gasteiger charge is -2.19. The average molecular weight is 257 g/mol. The van der Waals surface area contributed by atoms with Gasteiger partial charge in [-0.25, -0.2) is 4.98 Å². The summed E-state index contributed by atoms with van der Waals surface area (Å²) < 4.78 is 0. The van der Waals surface area contributed by atoms with Gasteiger partial charge in [0.1, 0.15) is 5.82 Å². The van der Waals surface area contributed by atoms with Crippen molar-refractivity contribution < 1.29 is 5.11 Å². The normalized spacial score (nSPS) is 10.5. The van der Waals surface area contributed by atoms with Crippen molar-refractivity contribution in [2.45, 2.75) is 27.0 Å². The Morgan fingerprint density at radius 1 is 1.11 bits per heavy atom. The van der Waals surface area contributed by atoms with Crippen molar-refractivity contribution in [3.8, 4) is 0 Å². The summed E-state index contributed by atoms with van der Waals surface area (Å²) in [4.78, 5) is 11.0. The molecule has 1 N–H and O–H groups in total. The van der Waals surface area contributed by atoms with E-state index in [1.54, 1.807) is 0 Å². The molecule has 19 heavy (non-hydrogen) atoms. The minimum absolute atomic E-state index is 0.0300. The maximum absolute atomic E-state index is 9.15. The van der Waals surface area contributed by atoms with Gasteiger partial charge in [-0.1, -0.05) is 12.1 Å². The molecule has 0 radical (unpaired) electrons. The van der Waals surface area contributed by atoms with Gasteiger partial charge in [-0.2, -0.15) is 0 Å². The summed E-state index contributed by atoms with van der Waals surface area (Å²) in [7, 11) is 1.99. The lowest BCUT2D eigenvalue weighted by Crippen LogP contribution is -2.19. The van der Waals surface area contributed by atoms with Crippen molar-refractivity contribution in [2.75, 3.05) is 11.9 Å². The number of aliphatic hydroxyl groups excluding tert-OH is 1. The number of aryl methyl sites for hydroxylation is 2. The molecule has 4 nitrogen and oxygen atoms in total. The van der Waals surface area contributed by atoms with Crippen LogP contribution in [-0.4, -0.2) is 22.1 Å². The second-order valence-corrected chi connectivity index (χ2v) is 4.70. The number of pyridine rings is 2. The highest BCUT2D eigenvalue weighted by molar-refractivity contribution is 5.41. The van der Waals surface area contributed by atoms with Gasteiger partial charge in [0.2, 0.25) is 0 Å². The first-order chi connectivity index (χ1) is 9.10. The monoisotopic (exact) mass is 257 g/mol. The van der Waals surface area contributed by atoms with Gasteiger partial charge in [0.05, 0.1) is 18.8 Å². The standard InChI is InChI=1S/C15H19N3O/c1-11-5-4-6-14(16-11)9-18(3)15-8-7-13(10-19)12(2)17-15/h4-8,19H,9-10H2,1-3H3.